The lowest BCUT2D eigenvalue weighted by atomic mass is 10.0. The predicted molar refractivity (Wildman–Crippen MR) is 93.4 cm³/mol. The molecule has 5 heteroatoms. The highest BCUT2D eigenvalue weighted by Gasteiger charge is 2.31. The zero-order valence-electron chi connectivity index (χ0n) is 14.5. The number of carbonyl (C=O) groups excluding carboxylic acids is 2. The minimum Gasteiger partial charge on any atom is -0.333 e. The smallest absolute Gasteiger partial charge is 0.242 e. The molecule has 0 N–H and O–H groups in total. The third kappa shape index (κ3) is 3.96. The molecule has 24 heavy (non-hydrogen) atoms. The molecule has 1 atom stereocenters. The lowest BCUT2D eigenvalue weighted by molar-refractivity contribution is -0.143. The summed E-state index contributed by atoms with van der Waals surface area (Å²) in [6, 6.07) is 10.3. The minimum absolute atomic E-state index is 0.0690. The zero-order chi connectivity index (χ0) is 16.9. The molecule has 2 aliphatic heterocycles. The molecule has 0 aliphatic carbocycles. The quantitative estimate of drug-likeness (QED) is 0.851. The first-order valence-electron chi connectivity index (χ1n) is 8.96. The van der Waals surface area contributed by atoms with Gasteiger partial charge >= 0.3 is 0 Å². The van der Waals surface area contributed by atoms with Gasteiger partial charge in [0.2, 0.25) is 11.8 Å². The van der Waals surface area contributed by atoms with E-state index in [1.807, 2.05) is 23.1 Å². The Labute approximate surface area is 144 Å². The fourth-order valence-electron chi connectivity index (χ4n) is 3.64. The zero-order valence-corrected chi connectivity index (χ0v) is 14.5. The molecule has 130 valence electrons. The van der Waals surface area contributed by atoms with E-state index >= 15 is 0 Å². The number of hydrogen-bond donors (Lipinski definition) is 0. The maximum absolute atomic E-state index is 12.9. The van der Waals surface area contributed by atoms with Gasteiger partial charge in [0.1, 0.15) is 0 Å². The second-order valence-corrected chi connectivity index (χ2v) is 6.90. The molecule has 2 fully saturated rings. The van der Waals surface area contributed by atoms with Gasteiger partial charge in [0.15, 0.2) is 0 Å². The van der Waals surface area contributed by atoms with E-state index in [2.05, 4.69) is 24.1 Å². The van der Waals surface area contributed by atoms with Crippen molar-refractivity contribution in [2.45, 2.75) is 31.7 Å². The Morgan fingerprint density at radius 3 is 2.67 bits per heavy atom. The van der Waals surface area contributed by atoms with E-state index in [-0.39, 0.29) is 24.4 Å². The molecule has 2 heterocycles. The highest BCUT2D eigenvalue weighted by molar-refractivity contribution is 5.85. The van der Waals surface area contributed by atoms with E-state index in [4.69, 9.17) is 0 Å². The van der Waals surface area contributed by atoms with Crippen molar-refractivity contribution in [3.8, 4) is 0 Å². The van der Waals surface area contributed by atoms with Crippen LogP contribution in [0.2, 0.25) is 0 Å². The van der Waals surface area contributed by atoms with Gasteiger partial charge in [-0.2, -0.15) is 0 Å². The maximum atomic E-state index is 12.9. The van der Waals surface area contributed by atoms with Crippen LogP contribution in [0.15, 0.2) is 30.3 Å². The summed E-state index contributed by atoms with van der Waals surface area (Å²) in [5, 5.41) is 0. The molecule has 5 nitrogen and oxygen atoms in total. The molecule has 0 bridgehead atoms. The molecule has 2 amide bonds. The first kappa shape index (κ1) is 17.0. The van der Waals surface area contributed by atoms with E-state index in [9.17, 15) is 9.59 Å². The summed E-state index contributed by atoms with van der Waals surface area (Å²) in [6.45, 7) is 3.38. The maximum Gasteiger partial charge on any atom is 0.242 e. The van der Waals surface area contributed by atoms with Crippen LogP contribution in [0.5, 0.6) is 0 Å². The van der Waals surface area contributed by atoms with Crippen LogP contribution in [-0.2, 0) is 9.59 Å². The Morgan fingerprint density at radius 2 is 1.88 bits per heavy atom. The van der Waals surface area contributed by atoms with Crippen LogP contribution < -0.4 is 0 Å². The molecular formula is C19H27N3O2. The van der Waals surface area contributed by atoms with Gasteiger partial charge in [-0.15, -0.1) is 0 Å². The molecule has 1 aromatic rings. The summed E-state index contributed by atoms with van der Waals surface area (Å²) < 4.78 is 0. The van der Waals surface area contributed by atoms with Gasteiger partial charge in [0.05, 0.1) is 12.6 Å². The summed E-state index contributed by atoms with van der Waals surface area (Å²) in [7, 11) is 2.09. The minimum atomic E-state index is 0.0690. The van der Waals surface area contributed by atoms with Gasteiger partial charge < -0.3 is 14.7 Å². The molecule has 0 aromatic heterocycles. The second kappa shape index (κ2) is 7.79. The largest absolute Gasteiger partial charge is 0.333 e. The standard InChI is InChI=1S/C19H27N3O2/c1-20-12-13-22(17(14-20)16-8-4-2-5-9-16)19(24)15-21-11-7-3-6-10-18(21)23/h2,4-5,8-9,17H,3,6-7,10-15H2,1H3/t17-/m1/s1. The Balaban J connectivity index is 1.72. The number of nitrogens with zero attached hydrogens (tertiary/aromatic N) is 3. The predicted octanol–water partition coefficient (Wildman–Crippen LogP) is 1.90. The molecule has 2 aliphatic rings. The van der Waals surface area contributed by atoms with Crippen molar-refractivity contribution in [1.29, 1.82) is 0 Å². The van der Waals surface area contributed by atoms with Gasteiger partial charge in [0.25, 0.3) is 0 Å². The van der Waals surface area contributed by atoms with E-state index in [1.54, 1.807) is 4.90 Å². The first-order valence-corrected chi connectivity index (χ1v) is 8.96. The lowest BCUT2D eigenvalue weighted by Crippen LogP contribution is -2.52. The van der Waals surface area contributed by atoms with Gasteiger partial charge in [-0.25, -0.2) is 0 Å². The highest BCUT2D eigenvalue weighted by Crippen LogP contribution is 2.25. The third-order valence-corrected chi connectivity index (χ3v) is 5.09. The van der Waals surface area contributed by atoms with Crippen molar-refractivity contribution in [1.82, 2.24) is 14.7 Å². The number of likely N-dealkylation sites (N-methyl/N-ethyl adjacent to an activating group) is 1. The number of carbonyl (C=O) groups is 2. The first-order chi connectivity index (χ1) is 11.6. The molecule has 0 saturated carbocycles. The van der Waals surface area contributed by atoms with Gasteiger partial charge in [-0.05, 0) is 25.5 Å². The van der Waals surface area contributed by atoms with E-state index < -0.39 is 0 Å². The van der Waals surface area contributed by atoms with E-state index in [1.165, 1.54) is 5.56 Å². The topological polar surface area (TPSA) is 43.9 Å². The van der Waals surface area contributed by atoms with Crippen molar-refractivity contribution in [3.05, 3.63) is 35.9 Å². The van der Waals surface area contributed by atoms with Crippen LogP contribution in [-0.4, -0.2) is 66.3 Å². The monoisotopic (exact) mass is 329 g/mol. The van der Waals surface area contributed by atoms with Crippen molar-refractivity contribution in [2.75, 3.05) is 39.8 Å². The number of amides is 2. The Kier molecular flexibility index (Phi) is 5.51. The van der Waals surface area contributed by atoms with Crippen LogP contribution >= 0.6 is 0 Å². The average molecular weight is 329 g/mol. The van der Waals surface area contributed by atoms with Crippen LogP contribution in [0.1, 0.15) is 37.3 Å². The molecule has 0 unspecified atom stereocenters. The molecular weight excluding hydrogens is 302 g/mol. The Bertz CT molecular complexity index is 575. The average Bonchev–Trinajstić information content (AvgIpc) is 2.80. The van der Waals surface area contributed by atoms with Crippen LogP contribution in [0, 0.1) is 0 Å². The van der Waals surface area contributed by atoms with Crippen molar-refractivity contribution < 1.29 is 9.59 Å². The van der Waals surface area contributed by atoms with E-state index in [0.717, 1.165) is 38.9 Å². The lowest BCUT2D eigenvalue weighted by Gasteiger charge is -2.41. The van der Waals surface area contributed by atoms with E-state index in [0.29, 0.717) is 13.0 Å². The summed E-state index contributed by atoms with van der Waals surface area (Å²) in [4.78, 5) is 31.1. The van der Waals surface area contributed by atoms with Gasteiger partial charge in [-0.3, -0.25) is 9.59 Å². The molecule has 3 rings (SSSR count). The number of benzene rings is 1. The van der Waals surface area contributed by atoms with Crippen molar-refractivity contribution in [2.24, 2.45) is 0 Å². The Hall–Kier alpha value is -1.88. The number of piperazine rings is 1. The summed E-state index contributed by atoms with van der Waals surface area (Å²) in [5.74, 6) is 0.207. The van der Waals surface area contributed by atoms with Crippen molar-refractivity contribution in [3.63, 3.8) is 0 Å². The fraction of sp³-hybridized carbons (Fsp3) is 0.579. The van der Waals surface area contributed by atoms with Gasteiger partial charge in [0, 0.05) is 32.6 Å². The molecule has 0 spiro atoms. The second-order valence-electron chi connectivity index (χ2n) is 6.90. The van der Waals surface area contributed by atoms with Gasteiger partial charge in [-0.1, -0.05) is 36.8 Å². The SMILES string of the molecule is CN1CCN(C(=O)CN2CCCCCC2=O)[C@@H](c2ccccc2)C1. The number of likely N-dealkylation sites (tertiary alicyclic amines) is 1. The highest BCUT2D eigenvalue weighted by atomic mass is 16.2. The third-order valence-electron chi connectivity index (χ3n) is 5.09. The molecule has 2 saturated heterocycles. The van der Waals surface area contributed by atoms with Crippen LogP contribution in [0.3, 0.4) is 0 Å². The van der Waals surface area contributed by atoms with Crippen LogP contribution in [0.4, 0.5) is 0 Å². The molecule has 0 radical (unpaired) electrons. The number of rotatable bonds is 3. The summed E-state index contributed by atoms with van der Waals surface area (Å²) in [5.41, 5.74) is 1.17. The van der Waals surface area contributed by atoms with Crippen LogP contribution in [0.25, 0.3) is 0 Å². The summed E-state index contributed by atoms with van der Waals surface area (Å²) in [6.07, 6.45) is 3.62. The number of hydrogen-bond acceptors (Lipinski definition) is 3. The fourth-order valence-corrected chi connectivity index (χ4v) is 3.64. The normalized spacial score (nSPS) is 23.2. The summed E-state index contributed by atoms with van der Waals surface area (Å²) >= 11 is 0. The van der Waals surface area contributed by atoms with Crippen molar-refractivity contribution >= 4 is 11.8 Å². The Morgan fingerprint density at radius 1 is 1.08 bits per heavy atom. The molecule has 1 aromatic carbocycles.